The van der Waals surface area contributed by atoms with E-state index in [0.717, 1.165) is 0 Å². The molecule has 6 N–H and O–H groups in total. The summed E-state index contributed by atoms with van der Waals surface area (Å²) < 4.78 is 10.8. The van der Waals surface area contributed by atoms with Crippen LogP contribution in [-0.2, 0) is 57.4 Å². The summed E-state index contributed by atoms with van der Waals surface area (Å²) in [6.07, 6.45) is 1.78. The summed E-state index contributed by atoms with van der Waals surface area (Å²) in [6, 6.07) is -7.34. The highest BCUT2D eigenvalue weighted by atomic mass is 16.6. The van der Waals surface area contributed by atoms with Gasteiger partial charge in [-0.3, -0.25) is 47.9 Å². The third kappa shape index (κ3) is 20.0. The summed E-state index contributed by atoms with van der Waals surface area (Å²) in [5.74, 6) is -7.71. The van der Waals surface area contributed by atoms with E-state index in [1.807, 2.05) is 0 Å². The van der Waals surface area contributed by atoms with Gasteiger partial charge in [-0.2, -0.15) is 0 Å². The number of Topliss-reactive ketones (excluding diaryl/α,β-unsaturated/α-hetero) is 1. The van der Waals surface area contributed by atoms with E-state index in [1.54, 1.807) is 83.1 Å². The molecule has 19 heteroatoms. The summed E-state index contributed by atoms with van der Waals surface area (Å²) in [4.78, 5) is 134. The van der Waals surface area contributed by atoms with Gasteiger partial charge < -0.3 is 46.3 Å². The molecule has 0 spiro atoms. The maximum atomic E-state index is 14.2. The predicted octanol–water partition coefficient (Wildman–Crippen LogP) is 2.04. The number of likely N-dealkylation sites (tertiary alicyclic amines) is 1. The maximum Gasteiger partial charge on any atom is 0.306 e. The van der Waals surface area contributed by atoms with Crippen LogP contribution in [0.5, 0.6) is 0 Å². The third-order valence-corrected chi connectivity index (χ3v) is 9.77. The first-order valence-corrected chi connectivity index (χ1v) is 22.1. The molecule has 0 aromatic carbocycles. The van der Waals surface area contributed by atoms with Crippen LogP contribution in [0.2, 0.25) is 0 Å². The van der Waals surface area contributed by atoms with Crippen LogP contribution in [0.25, 0.3) is 0 Å². The van der Waals surface area contributed by atoms with E-state index in [2.05, 4.69) is 38.5 Å². The Labute approximate surface area is 378 Å². The summed E-state index contributed by atoms with van der Waals surface area (Å²) in [5.41, 5.74) is -2.65. The molecule has 0 aromatic rings. The Kier molecular flexibility index (Phi) is 22.3. The van der Waals surface area contributed by atoms with Crippen LogP contribution in [0, 0.1) is 11.3 Å². The van der Waals surface area contributed by atoms with Crippen molar-refractivity contribution in [1.29, 1.82) is 0 Å². The maximum absolute atomic E-state index is 14.2. The summed E-state index contributed by atoms with van der Waals surface area (Å²) in [5, 5.41) is 15.6. The van der Waals surface area contributed by atoms with Gasteiger partial charge in [-0.25, -0.2) is 0 Å². The third-order valence-electron chi connectivity index (χ3n) is 9.77. The van der Waals surface area contributed by atoms with Gasteiger partial charge in [-0.1, -0.05) is 54.0 Å². The van der Waals surface area contributed by atoms with Crippen molar-refractivity contribution in [2.24, 2.45) is 11.3 Å². The number of rotatable bonds is 23. The highest BCUT2D eigenvalue weighted by Crippen LogP contribution is 2.24. The number of ketones is 1. The van der Waals surface area contributed by atoms with Gasteiger partial charge in [0.2, 0.25) is 41.2 Å². The van der Waals surface area contributed by atoms with Crippen LogP contribution >= 0.6 is 0 Å². The first kappa shape index (κ1) is 56.7. The van der Waals surface area contributed by atoms with Gasteiger partial charge in [0.25, 0.3) is 5.91 Å². The molecular formula is C45H75N7O12. The number of hydrogen-bond acceptors (Lipinski definition) is 12. The van der Waals surface area contributed by atoms with Crippen molar-refractivity contribution in [3.63, 3.8) is 0 Å². The van der Waals surface area contributed by atoms with E-state index in [0.29, 0.717) is 12.8 Å². The lowest BCUT2D eigenvalue weighted by molar-refractivity contribution is -0.156. The second kappa shape index (κ2) is 25.2. The van der Waals surface area contributed by atoms with E-state index in [9.17, 15) is 47.9 Å². The Morgan fingerprint density at radius 3 is 1.67 bits per heavy atom. The molecule has 0 bridgehead atoms. The molecule has 0 aliphatic carbocycles. The quantitative estimate of drug-likeness (QED) is 0.0489. The lowest BCUT2D eigenvalue weighted by Crippen LogP contribution is -2.62. The fourth-order valence-electron chi connectivity index (χ4n) is 6.75. The van der Waals surface area contributed by atoms with Gasteiger partial charge in [0, 0.05) is 32.9 Å². The second-order valence-electron chi connectivity index (χ2n) is 19.5. The van der Waals surface area contributed by atoms with Crippen LogP contribution in [0.1, 0.15) is 141 Å². The lowest BCUT2D eigenvalue weighted by atomic mass is 9.85. The number of esters is 2. The summed E-state index contributed by atoms with van der Waals surface area (Å²) in [7, 11) is 0. The SMILES string of the molecule is C=CCNC(=O)C(=O)C(CCC)NC(=O)C1CCCN1C(=O)C(NC(=O)C(NC(=O)C(CCC(=O)OC(C)(C)C)NC(=O)C(CCC(=O)OC(C)(C)C)NC(C)=O)C(C)(C)C)C(C)C. The van der Waals surface area contributed by atoms with Crippen molar-refractivity contribution < 1.29 is 57.4 Å². The van der Waals surface area contributed by atoms with Gasteiger partial charge in [-0.15, -0.1) is 6.58 Å². The highest BCUT2D eigenvalue weighted by Gasteiger charge is 2.42. The van der Waals surface area contributed by atoms with Crippen LogP contribution < -0.4 is 31.9 Å². The van der Waals surface area contributed by atoms with E-state index in [4.69, 9.17) is 9.47 Å². The van der Waals surface area contributed by atoms with Crippen LogP contribution in [0.15, 0.2) is 12.7 Å². The number of ether oxygens (including phenoxy) is 2. The van der Waals surface area contributed by atoms with Gasteiger partial charge in [0.05, 0.1) is 6.04 Å². The molecule has 362 valence electrons. The van der Waals surface area contributed by atoms with E-state index >= 15 is 0 Å². The smallest absolute Gasteiger partial charge is 0.306 e. The number of carbonyl (C=O) groups is 10. The molecular weight excluding hydrogens is 831 g/mol. The molecule has 6 atom stereocenters. The normalized spacial score (nSPS) is 16.5. The molecule has 19 nitrogen and oxygen atoms in total. The highest BCUT2D eigenvalue weighted by molar-refractivity contribution is 6.38. The molecule has 1 heterocycles. The van der Waals surface area contributed by atoms with Crippen LogP contribution in [-0.4, -0.2) is 125 Å². The largest absolute Gasteiger partial charge is 0.460 e. The fourth-order valence-corrected chi connectivity index (χ4v) is 6.75. The standard InChI is InChI=1S/C45H75N7O12/c1-15-18-28(35(56)40(60)46-24-16-2)48-39(59)31-19-17-25-52(31)42(62)34(26(3)4)50-41(61)36(43(6,7)8)51-38(58)30(21-23-33(55)64-45(12,13)14)49-37(57)29(47-27(5)53)20-22-32(54)63-44(9,10)11/h16,26,28-31,34,36H,2,15,17-25H2,1,3-14H3,(H,46,60)(H,47,53)(H,48,59)(H,49,57)(H,50,61)(H,51,58). The zero-order valence-corrected chi connectivity index (χ0v) is 40.2. The molecule has 1 fully saturated rings. The second-order valence-corrected chi connectivity index (χ2v) is 19.5. The van der Waals surface area contributed by atoms with Crippen molar-refractivity contribution in [3.05, 3.63) is 12.7 Å². The van der Waals surface area contributed by atoms with E-state index < -0.39 is 118 Å². The van der Waals surface area contributed by atoms with E-state index in [-0.39, 0.29) is 51.6 Å². The van der Waals surface area contributed by atoms with Gasteiger partial charge in [-0.05, 0) is 85.0 Å². The first-order chi connectivity index (χ1) is 29.4. The summed E-state index contributed by atoms with van der Waals surface area (Å²) in [6.45, 7) is 25.2. The monoisotopic (exact) mass is 906 g/mol. The number of hydrogen-bond donors (Lipinski definition) is 6. The average Bonchev–Trinajstić information content (AvgIpc) is 3.65. The van der Waals surface area contributed by atoms with Crippen molar-refractivity contribution in [3.8, 4) is 0 Å². The van der Waals surface area contributed by atoms with Gasteiger partial charge in [0.1, 0.15) is 41.4 Å². The molecule has 0 radical (unpaired) electrons. The van der Waals surface area contributed by atoms with Crippen molar-refractivity contribution in [1.82, 2.24) is 36.8 Å². The Hall–Kier alpha value is -5.36. The van der Waals surface area contributed by atoms with Crippen molar-refractivity contribution in [2.45, 2.75) is 189 Å². The number of amides is 7. The Morgan fingerprint density at radius 1 is 0.703 bits per heavy atom. The number of carbonyl (C=O) groups excluding carboxylic acids is 10. The molecule has 6 unspecified atom stereocenters. The molecule has 1 aliphatic rings. The zero-order chi connectivity index (χ0) is 49.3. The topological polar surface area (TPSA) is 265 Å². The minimum Gasteiger partial charge on any atom is -0.460 e. The van der Waals surface area contributed by atoms with Gasteiger partial charge >= 0.3 is 11.9 Å². The molecule has 0 saturated carbocycles. The molecule has 1 rings (SSSR count). The molecule has 1 saturated heterocycles. The summed E-state index contributed by atoms with van der Waals surface area (Å²) >= 11 is 0. The van der Waals surface area contributed by atoms with Crippen molar-refractivity contribution >= 4 is 59.1 Å². The first-order valence-electron chi connectivity index (χ1n) is 22.1. The zero-order valence-electron chi connectivity index (χ0n) is 40.2. The molecule has 0 aromatic heterocycles. The Balaban J connectivity index is 3.42. The molecule has 7 amide bonds. The Bertz CT molecular complexity index is 1710. The van der Waals surface area contributed by atoms with Gasteiger partial charge in [0.15, 0.2) is 0 Å². The minimum absolute atomic E-state index is 0.0641. The van der Waals surface area contributed by atoms with Crippen LogP contribution in [0.3, 0.4) is 0 Å². The predicted molar refractivity (Wildman–Crippen MR) is 238 cm³/mol. The lowest BCUT2D eigenvalue weighted by Gasteiger charge is -2.35. The van der Waals surface area contributed by atoms with Crippen LogP contribution in [0.4, 0.5) is 0 Å². The fraction of sp³-hybridized carbons (Fsp3) is 0.733. The number of nitrogens with zero attached hydrogens (tertiary/aromatic N) is 1. The Morgan fingerprint density at radius 2 is 1.22 bits per heavy atom. The van der Waals surface area contributed by atoms with E-state index in [1.165, 1.54) is 17.9 Å². The average molecular weight is 906 g/mol. The molecule has 1 aliphatic heterocycles. The van der Waals surface area contributed by atoms with Crippen molar-refractivity contribution in [2.75, 3.05) is 13.1 Å². The number of nitrogens with one attached hydrogen (secondary N) is 6. The minimum atomic E-state index is -1.45. The molecule has 64 heavy (non-hydrogen) atoms.